The molecule has 4 rings (SSSR count). The Kier molecular flexibility index (Phi) is 5.14. The highest BCUT2D eigenvalue weighted by atomic mass is 16.5. The fraction of sp³-hybridized carbons (Fsp3) is 0.167. The van der Waals surface area contributed by atoms with E-state index >= 15 is 0 Å². The van der Waals surface area contributed by atoms with Gasteiger partial charge in [0.2, 0.25) is 0 Å². The number of benzene rings is 2. The van der Waals surface area contributed by atoms with Gasteiger partial charge >= 0.3 is 5.97 Å². The predicted octanol–water partition coefficient (Wildman–Crippen LogP) is 4.22. The smallest absolute Gasteiger partial charge is 0.343 e. The first-order valence-corrected chi connectivity index (χ1v) is 9.65. The zero-order valence-electron chi connectivity index (χ0n) is 16.7. The minimum Gasteiger partial charge on any atom is -0.423 e. The molecule has 1 aliphatic rings. The average Bonchev–Trinajstić information content (AvgIpc) is 2.99. The molecule has 2 heterocycles. The van der Waals surface area contributed by atoms with Crippen molar-refractivity contribution >= 4 is 17.8 Å². The molecule has 1 aromatic heterocycles. The van der Waals surface area contributed by atoms with Crippen LogP contribution in [-0.2, 0) is 6.54 Å². The fourth-order valence-corrected chi connectivity index (χ4v) is 3.34. The molecule has 6 heteroatoms. The van der Waals surface area contributed by atoms with Gasteiger partial charge in [-0.1, -0.05) is 26.0 Å². The van der Waals surface area contributed by atoms with Crippen LogP contribution in [0.25, 0.3) is 0 Å². The van der Waals surface area contributed by atoms with Crippen molar-refractivity contribution in [2.45, 2.75) is 26.3 Å². The molecule has 0 atom stereocenters. The number of imide groups is 1. The van der Waals surface area contributed by atoms with Crippen LogP contribution in [0.5, 0.6) is 5.75 Å². The maximum Gasteiger partial charge on any atom is 0.343 e. The van der Waals surface area contributed by atoms with Gasteiger partial charge in [-0.05, 0) is 59.5 Å². The third-order valence-corrected chi connectivity index (χ3v) is 5.03. The summed E-state index contributed by atoms with van der Waals surface area (Å²) >= 11 is 0. The molecule has 2 amide bonds. The Labute approximate surface area is 174 Å². The van der Waals surface area contributed by atoms with Crippen LogP contribution in [0.4, 0.5) is 0 Å². The second-order valence-electron chi connectivity index (χ2n) is 7.43. The highest BCUT2D eigenvalue weighted by molar-refractivity contribution is 6.21. The van der Waals surface area contributed by atoms with Crippen molar-refractivity contribution in [1.29, 1.82) is 0 Å². The van der Waals surface area contributed by atoms with Crippen LogP contribution in [0.2, 0.25) is 0 Å². The Balaban J connectivity index is 1.55. The minimum atomic E-state index is -0.577. The molecule has 0 saturated heterocycles. The first-order chi connectivity index (χ1) is 14.4. The Morgan fingerprint density at radius 1 is 0.967 bits per heavy atom. The molecule has 2 aromatic carbocycles. The molecule has 0 radical (unpaired) electrons. The van der Waals surface area contributed by atoms with Crippen LogP contribution >= 0.6 is 0 Å². The highest BCUT2D eigenvalue weighted by Gasteiger charge is 2.36. The lowest BCUT2D eigenvalue weighted by Crippen LogP contribution is -2.29. The number of hydrogen-bond donors (Lipinski definition) is 0. The molecule has 0 spiro atoms. The van der Waals surface area contributed by atoms with Gasteiger partial charge in [0.25, 0.3) is 11.8 Å². The van der Waals surface area contributed by atoms with Crippen LogP contribution in [0, 0.1) is 0 Å². The molecule has 0 saturated carbocycles. The van der Waals surface area contributed by atoms with Crippen molar-refractivity contribution in [2.24, 2.45) is 0 Å². The van der Waals surface area contributed by atoms with Crippen molar-refractivity contribution < 1.29 is 19.1 Å². The van der Waals surface area contributed by atoms with Gasteiger partial charge in [-0.25, -0.2) is 4.79 Å². The predicted molar refractivity (Wildman–Crippen MR) is 110 cm³/mol. The number of fused-ring (bicyclic) bond motifs is 1. The number of aromatic nitrogens is 1. The van der Waals surface area contributed by atoms with E-state index in [-0.39, 0.29) is 29.1 Å². The van der Waals surface area contributed by atoms with E-state index in [1.54, 1.807) is 30.6 Å². The monoisotopic (exact) mass is 400 g/mol. The number of esters is 1. The first kappa shape index (κ1) is 19.5. The number of pyridine rings is 1. The molecule has 0 aliphatic carbocycles. The third kappa shape index (κ3) is 3.72. The lowest BCUT2D eigenvalue weighted by atomic mass is 10.0. The number of carbonyl (C=O) groups is 3. The molecule has 0 N–H and O–H groups in total. The summed E-state index contributed by atoms with van der Waals surface area (Å²) in [5, 5.41) is 0. The summed E-state index contributed by atoms with van der Waals surface area (Å²) in [5.41, 5.74) is 2.56. The van der Waals surface area contributed by atoms with Crippen LogP contribution in [0.15, 0.2) is 67.0 Å². The normalized spacial score (nSPS) is 13.0. The largest absolute Gasteiger partial charge is 0.423 e. The van der Waals surface area contributed by atoms with Crippen LogP contribution < -0.4 is 4.74 Å². The van der Waals surface area contributed by atoms with Gasteiger partial charge in [-0.15, -0.1) is 0 Å². The van der Waals surface area contributed by atoms with Crippen molar-refractivity contribution in [2.75, 3.05) is 0 Å². The van der Waals surface area contributed by atoms with E-state index in [9.17, 15) is 14.4 Å². The van der Waals surface area contributed by atoms with Crippen molar-refractivity contribution in [3.63, 3.8) is 0 Å². The van der Waals surface area contributed by atoms with Crippen LogP contribution in [0.1, 0.15) is 62.0 Å². The SMILES string of the molecule is CC(C)c1cccc(OC(=O)c2ccc3c(c2)C(=O)N(Cc2ccncc2)C3=O)c1. The maximum absolute atomic E-state index is 12.8. The number of nitrogens with zero attached hydrogens (tertiary/aromatic N) is 2. The molecule has 3 aromatic rings. The Hall–Kier alpha value is -3.80. The molecular formula is C24H20N2O4. The third-order valence-electron chi connectivity index (χ3n) is 5.03. The summed E-state index contributed by atoms with van der Waals surface area (Å²) in [7, 11) is 0. The molecule has 1 aliphatic heterocycles. The Morgan fingerprint density at radius 2 is 1.70 bits per heavy atom. The summed E-state index contributed by atoms with van der Waals surface area (Å²) in [6, 6.07) is 15.3. The van der Waals surface area contributed by atoms with E-state index in [0.717, 1.165) is 11.1 Å². The molecule has 6 nitrogen and oxygen atoms in total. The van der Waals surface area contributed by atoms with Gasteiger partial charge < -0.3 is 4.74 Å². The quantitative estimate of drug-likeness (QED) is 0.364. The van der Waals surface area contributed by atoms with E-state index < -0.39 is 11.9 Å². The summed E-state index contributed by atoms with van der Waals surface area (Å²) < 4.78 is 5.48. The van der Waals surface area contributed by atoms with Crippen molar-refractivity contribution in [3.8, 4) is 5.75 Å². The van der Waals surface area contributed by atoms with Gasteiger partial charge in [-0.3, -0.25) is 19.5 Å². The van der Waals surface area contributed by atoms with Gasteiger partial charge in [-0.2, -0.15) is 0 Å². The number of ether oxygens (including phenoxy) is 1. The fourth-order valence-electron chi connectivity index (χ4n) is 3.34. The Morgan fingerprint density at radius 3 is 2.43 bits per heavy atom. The number of hydrogen-bond acceptors (Lipinski definition) is 5. The maximum atomic E-state index is 12.8. The molecule has 0 fully saturated rings. The summed E-state index contributed by atoms with van der Waals surface area (Å²) in [5.74, 6) is -0.641. The van der Waals surface area contributed by atoms with Gasteiger partial charge in [0, 0.05) is 12.4 Å². The Bertz CT molecular complexity index is 1140. The molecule has 0 unspecified atom stereocenters. The van der Waals surface area contributed by atoms with E-state index in [4.69, 9.17) is 4.74 Å². The highest BCUT2D eigenvalue weighted by Crippen LogP contribution is 2.27. The van der Waals surface area contributed by atoms with E-state index in [2.05, 4.69) is 18.8 Å². The molecule has 0 bridgehead atoms. The summed E-state index contributed by atoms with van der Waals surface area (Å²) in [4.78, 5) is 43.2. The lowest BCUT2D eigenvalue weighted by molar-refractivity contribution is 0.0641. The molecule has 150 valence electrons. The summed E-state index contributed by atoms with van der Waals surface area (Å²) in [6.07, 6.45) is 3.21. The standard InChI is InChI=1S/C24H20N2O4/c1-15(2)17-4-3-5-19(12-17)30-24(29)18-6-7-20-21(13-18)23(28)26(22(20)27)14-16-8-10-25-11-9-16/h3-13,15H,14H2,1-2H3. The van der Waals surface area contributed by atoms with E-state index in [1.165, 1.54) is 23.1 Å². The van der Waals surface area contributed by atoms with Gasteiger partial charge in [0.15, 0.2) is 0 Å². The second-order valence-corrected chi connectivity index (χ2v) is 7.43. The minimum absolute atomic E-state index is 0.149. The zero-order chi connectivity index (χ0) is 21.3. The summed E-state index contributed by atoms with van der Waals surface area (Å²) in [6.45, 7) is 4.26. The number of rotatable bonds is 5. The molecular weight excluding hydrogens is 380 g/mol. The first-order valence-electron chi connectivity index (χ1n) is 9.65. The van der Waals surface area contributed by atoms with Crippen molar-refractivity contribution in [1.82, 2.24) is 9.88 Å². The lowest BCUT2D eigenvalue weighted by Gasteiger charge is -2.13. The van der Waals surface area contributed by atoms with E-state index in [1.807, 2.05) is 18.2 Å². The van der Waals surface area contributed by atoms with Crippen LogP contribution in [0.3, 0.4) is 0 Å². The zero-order valence-corrected chi connectivity index (χ0v) is 16.7. The number of carbonyl (C=O) groups excluding carboxylic acids is 3. The average molecular weight is 400 g/mol. The van der Waals surface area contributed by atoms with E-state index in [0.29, 0.717) is 11.7 Å². The van der Waals surface area contributed by atoms with Gasteiger partial charge in [0.1, 0.15) is 5.75 Å². The topological polar surface area (TPSA) is 76.6 Å². The molecule has 30 heavy (non-hydrogen) atoms. The van der Waals surface area contributed by atoms with Crippen molar-refractivity contribution in [3.05, 3.63) is 94.8 Å². The number of amides is 2. The van der Waals surface area contributed by atoms with Crippen LogP contribution in [-0.4, -0.2) is 27.7 Å². The second kappa shape index (κ2) is 7.91. The van der Waals surface area contributed by atoms with Gasteiger partial charge in [0.05, 0.1) is 23.2 Å².